The van der Waals surface area contributed by atoms with E-state index in [2.05, 4.69) is 42.2 Å². The molecule has 0 N–H and O–H groups in total. The Morgan fingerprint density at radius 3 is 2.94 bits per heavy atom. The first kappa shape index (κ1) is 11.3. The van der Waals surface area contributed by atoms with Gasteiger partial charge in [-0.15, -0.1) is 11.3 Å². The Balaban J connectivity index is 2.31. The van der Waals surface area contributed by atoms with E-state index in [-0.39, 0.29) is 0 Å². The molecular formula is C13H16N2S. The zero-order chi connectivity index (χ0) is 11.5. The molecule has 2 aromatic rings. The van der Waals surface area contributed by atoms with E-state index in [1.165, 1.54) is 11.3 Å². The highest BCUT2D eigenvalue weighted by atomic mass is 32.1. The third kappa shape index (κ3) is 2.30. The predicted octanol–water partition coefficient (Wildman–Crippen LogP) is 4.03. The second-order valence-electron chi connectivity index (χ2n) is 4.11. The fourth-order valence-corrected chi connectivity index (χ4v) is 2.40. The zero-order valence-electron chi connectivity index (χ0n) is 9.90. The summed E-state index contributed by atoms with van der Waals surface area (Å²) in [5.41, 5.74) is 3.40. The molecule has 2 heterocycles. The van der Waals surface area contributed by atoms with Gasteiger partial charge in [-0.3, -0.25) is 4.98 Å². The molecule has 0 saturated carbocycles. The summed E-state index contributed by atoms with van der Waals surface area (Å²) in [4.78, 5) is 9.00. The lowest BCUT2D eigenvalue weighted by atomic mass is 10.1. The van der Waals surface area contributed by atoms with Crippen LogP contribution in [0.5, 0.6) is 0 Å². The number of aryl methyl sites for hydroxylation is 1. The maximum atomic E-state index is 4.65. The van der Waals surface area contributed by atoms with Gasteiger partial charge >= 0.3 is 0 Å². The lowest BCUT2D eigenvalue weighted by molar-refractivity contribution is 0.714. The van der Waals surface area contributed by atoms with E-state index in [0.29, 0.717) is 5.92 Å². The summed E-state index contributed by atoms with van der Waals surface area (Å²) in [7, 11) is 0. The minimum Gasteiger partial charge on any atom is -0.254 e. The molecule has 2 nitrogen and oxygen atoms in total. The predicted molar refractivity (Wildman–Crippen MR) is 68.8 cm³/mol. The molecule has 0 amide bonds. The summed E-state index contributed by atoms with van der Waals surface area (Å²) in [6.07, 6.45) is 2.97. The van der Waals surface area contributed by atoms with Crippen LogP contribution in [0.2, 0.25) is 0 Å². The second kappa shape index (κ2) is 4.74. The molecule has 0 aromatic carbocycles. The molecule has 0 spiro atoms. The van der Waals surface area contributed by atoms with Crippen molar-refractivity contribution in [2.45, 2.75) is 33.1 Å². The van der Waals surface area contributed by atoms with Gasteiger partial charge in [-0.1, -0.05) is 13.8 Å². The molecule has 0 bridgehead atoms. The van der Waals surface area contributed by atoms with E-state index in [0.717, 1.165) is 17.1 Å². The summed E-state index contributed by atoms with van der Waals surface area (Å²) in [5, 5.41) is 3.17. The Morgan fingerprint density at radius 2 is 2.25 bits per heavy atom. The highest BCUT2D eigenvalue weighted by Gasteiger charge is 2.10. The standard InChI is InChI=1S/C13H16N2S/c1-4-10(3)12-8-16-13(15-12)11-7-9(2)5-6-14-11/h5-8,10H,4H2,1-3H3. The molecular weight excluding hydrogens is 216 g/mol. The lowest BCUT2D eigenvalue weighted by Gasteiger charge is -2.02. The summed E-state index contributed by atoms with van der Waals surface area (Å²) in [6, 6.07) is 4.09. The minimum atomic E-state index is 0.537. The Morgan fingerprint density at radius 1 is 1.44 bits per heavy atom. The molecule has 16 heavy (non-hydrogen) atoms. The molecule has 2 rings (SSSR count). The Hall–Kier alpha value is -1.22. The molecule has 0 saturated heterocycles. The molecule has 2 aromatic heterocycles. The van der Waals surface area contributed by atoms with Gasteiger partial charge < -0.3 is 0 Å². The van der Waals surface area contributed by atoms with E-state index < -0.39 is 0 Å². The van der Waals surface area contributed by atoms with Gasteiger partial charge in [0.05, 0.1) is 11.4 Å². The van der Waals surface area contributed by atoms with E-state index >= 15 is 0 Å². The first-order valence-electron chi connectivity index (χ1n) is 5.59. The SMILES string of the molecule is CCC(C)c1csc(-c2cc(C)ccn2)n1. The monoisotopic (exact) mass is 232 g/mol. The van der Waals surface area contributed by atoms with E-state index in [1.54, 1.807) is 11.3 Å². The third-order valence-corrected chi connectivity index (χ3v) is 3.66. The van der Waals surface area contributed by atoms with Gasteiger partial charge in [0.1, 0.15) is 5.01 Å². The van der Waals surface area contributed by atoms with Crippen LogP contribution in [0.3, 0.4) is 0 Å². The van der Waals surface area contributed by atoms with Gasteiger partial charge in [-0.2, -0.15) is 0 Å². The number of hydrogen-bond acceptors (Lipinski definition) is 3. The van der Waals surface area contributed by atoms with Gasteiger partial charge in [0, 0.05) is 11.6 Å². The first-order valence-corrected chi connectivity index (χ1v) is 6.47. The Bertz CT molecular complexity index is 476. The van der Waals surface area contributed by atoms with Crippen molar-refractivity contribution in [2.75, 3.05) is 0 Å². The van der Waals surface area contributed by atoms with E-state index in [4.69, 9.17) is 0 Å². The maximum Gasteiger partial charge on any atom is 0.142 e. The van der Waals surface area contributed by atoms with Gasteiger partial charge in [-0.05, 0) is 37.0 Å². The van der Waals surface area contributed by atoms with Crippen LogP contribution in [0.15, 0.2) is 23.7 Å². The Kier molecular flexibility index (Phi) is 3.34. The van der Waals surface area contributed by atoms with Crippen molar-refractivity contribution >= 4 is 11.3 Å². The normalized spacial score (nSPS) is 12.7. The van der Waals surface area contributed by atoms with Crippen molar-refractivity contribution < 1.29 is 0 Å². The largest absolute Gasteiger partial charge is 0.254 e. The fourth-order valence-electron chi connectivity index (χ4n) is 1.49. The topological polar surface area (TPSA) is 25.8 Å². The molecule has 0 aliphatic carbocycles. The van der Waals surface area contributed by atoms with Crippen LogP contribution in [0.25, 0.3) is 10.7 Å². The quantitative estimate of drug-likeness (QED) is 0.798. The molecule has 0 aliphatic rings. The van der Waals surface area contributed by atoms with Crippen LogP contribution in [-0.2, 0) is 0 Å². The molecule has 0 aliphatic heterocycles. The van der Waals surface area contributed by atoms with E-state index in [1.807, 2.05) is 12.3 Å². The zero-order valence-corrected chi connectivity index (χ0v) is 10.7. The number of rotatable bonds is 3. The van der Waals surface area contributed by atoms with Crippen molar-refractivity contribution in [3.63, 3.8) is 0 Å². The van der Waals surface area contributed by atoms with Crippen LogP contribution >= 0.6 is 11.3 Å². The number of hydrogen-bond donors (Lipinski definition) is 0. The fraction of sp³-hybridized carbons (Fsp3) is 0.385. The van der Waals surface area contributed by atoms with Crippen molar-refractivity contribution in [3.05, 3.63) is 35.0 Å². The number of thiazole rings is 1. The van der Waals surface area contributed by atoms with Gasteiger partial charge in [0.25, 0.3) is 0 Å². The molecule has 0 fully saturated rings. The van der Waals surface area contributed by atoms with Crippen LogP contribution in [-0.4, -0.2) is 9.97 Å². The van der Waals surface area contributed by atoms with Gasteiger partial charge in [-0.25, -0.2) is 4.98 Å². The first-order chi connectivity index (χ1) is 7.70. The highest BCUT2D eigenvalue weighted by Crippen LogP contribution is 2.27. The summed E-state index contributed by atoms with van der Waals surface area (Å²) in [6.45, 7) is 6.48. The van der Waals surface area contributed by atoms with Crippen molar-refractivity contribution in [1.82, 2.24) is 9.97 Å². The van der Waals surface area contributed by atoms with Crippen LogP contribution in [0.4, 0.5) is 0 Å². The number of pyridine rings is 1. The summed E-state index contributed by atoms with van der Waals surface area (Å²) < 4.78 is 0. The summed E-state index contributed by atoms with van der Waals surface area (Å²) >= 11 is 1.68. The highest BCUT2D eigenvalue weighted by molar-refractivity contribution is 7.13. The van der Waals surface area contributed by atoms with Gasteiger partial charge in [0.15, 0.2) is 0 Å². The van der Waals surface area contributed by atoms with Crippen molar-refractivity contribution in [3.8, 4) is 10.7 Å². The van der Waals surface area contributed by atoms with Crippen LogP contribution in [0, 0.1) is 6.92 Å². The summed E-state index contributed by atoms with van der Waals surface area (Å²) in [5.74, 6) is 0.537. The molecule has 1 atom stereocenters. The average Bonchev–Trinajstić information content (AvgIpc) is 2.77. The Labute approximate surface area is 100 Å². The smallest absolute Gasteiger partial charge is 0.142 e. The van der Waals surface area contributed by atoms with Crippen molar-refractivity contribution in [2.24, 2.45) is 0 Å². The van der Waals surface area contributed by atoms with Crippen LogP contribution in [0.1, 0.15) is 37.4 Å². The molecule has 84 valence electrons. The number of nitrogens with zero attached hydrogens (tertiary/aromatic N) is 2. The maximum absolute atomic E-state index is 4.65. The van der Waals surface area contributed by atoms with Crippen LogP contribution < -0.4 is 0 Å². The minimum absolute atomic E-state index is 0.537. The van der Waals surface area contributed by atoms with Gasteiger partial charge in [0.2, 0.25) is 0 Å². The average molecular weight is 232 g/mol. The lowest BCUT2D eigenvalue weighted by Crippen LogP contribution is -1.91. The van der Waals surface area contributed by atoms with Crippen molar-refractivity contribution in [1.29, 1.82) is 0 Å². The molecule has 3 heteroatoms. The van der Waals surface area contributed by atoms with E-state index in [9.17, 15) is 0 Å². The molecule has 1 unspecified atom stereocenters. The second-order valence-corrected chi connectivity index (χ2v) is 4.96. The molecule has 0 radical (unpaired) electrons. The third-order valence-electron chi connectivity index (χ3n) is 2.77. The number of aromatic nitrogens is 2.